The van der Waals surface area contributed by atoms with Gasteiger partial charge in [0.1, 0.15) is 29.6 Å². The lowest BCUT2D eigenvalue weighted by molar-refractivity contribution is -0.148. The van der Waals surface area contributed by atoms with Gasteiger partial charge in [0.25, 0.3) is 11.8 Å². The fourth-order valence-electron chi connectivity index (χ4n) is 6.57. The molecule has 0 aliphatic heterocycles. The highest BCUT2D eigenvalue weighted by Gasteiger charge is 2.32. The van der Waals surface area contributed by atoms with Gasteiger partial charge in [-0.25, -0.2) is 4.79 Å². The maximum absolute atomic E-state index is 13.7. The number of benzene rings is 2. The van der Waals surface area contributed by atoms with Crippen molar-refractivity contribution < 1.29 is 43.3 Å². The van der Waals surface area contributed by atoms with Crippen molar-refractivity contribution in [2.75, 3.05) is 19.7 Å². The Labute approximate surface area is 368 Å². The summed E-state index contributed by atoms with van der Waals surface area (Å²) in [6, 6.07) is 9.43. The van der Waals surface area contributed by atoms with Crippen LogP contribution in [-0.4, -0.2) is 90.6 Å². The summed E-state index contributed by atoms with van der Waals surface area (Å²) in [4.78, 5) is 79.0. The topological polar surface area (TPSA) is 227 Å². The van der Waals surface area contributed by atoms with Gasteiger partial charge >= 0.3 is 5.97 Å². The molecule has 0 aliphatic rings. The van der Waals surface area contributed by atoms with Gasteiger partial charge in [0.05, 0.1) is 25.2 Å². The largest absolute Gasteiger partial charge is 0.464 e. The number of unbranched alkanes of at least 4 members (excludes halogenated alkanes) is 2. The number of aliphatic hydroxyl groups is 1. The Balaban J connectivity index is 2.10. The minimum Gasteiger partial charge on any atom is -0.464 e. The average Bonchev–Trinajstić information content (AvgIpc) is 3.23. The number of hydrogen-bond acceptors (Lipinski definition) is 10. The summed E-state index contributed by atoms with van der Waals surface area (Å²) in [6.07, 6.45) is 4.26. The first-order chi connectivity index (χ1) is 29.5. The molecule has 0 saturated carbocycles. The van der Waals surface area contributed by atoms with E-state index >= 15 is 0 Å². The molecule has 0 heterocycles. The Hall–Kier alpha value is -5.02. The Bertz CT molecular complexity index is 1690. The van der Waals surface area contributed by atoms with Crippen LogP contribution in [0, 0.1) is 17.8 Å². The van der Waals surface area contributed by atoms with Crippen LogP contribution >= 0.6 is 0 Å². The van der Waals surface area contributed by atoms with E-state index in [-0.39, 0.29) is 36.7 Å². The summed E-state index contributed by atoms with van der Waals surface area (Å²) in [5, 5.41) is 25.2. The molecule has 0 bridgehead atoms. The van der Waals surface area contributed by atoms with Crippen molar-refractivity contribution in [3.05, 3.63) is 59.7 Å². The van der Waals surface area contributed by atoms with E-state index < -0.39 is 59.9 Å². The smallest absolute Gasteiger partial charge is 0.328 e. The van der Waals surface area contributed by atoms with Crippen molar-refractivity contribution in [2.45, 2.75) is 150 Å². The maximum atomic E-state index is 13.7. The third kappa shape index (κ3) is 19.4. The van der Waals surface area contributed by atoms with Crippen LogP contribution in [0.5, 0.6) is 11.5 Å². The molecule has 0 spiro atoms. The van der Waals surface area contributed by atoms with Crippen LogP contribution in [0.15, 0.2) is 48.5 Å². The number of rotatable bonds is 29. The van der Waals surface area contributed by atoms with Crippen LogP contribution in [0.3, 0.4) is 0 Å². The Kier molecular flexibility index (Phi) is 24.5. The minimum atomic E-state index is -1.10. The zero-order chi connectivity index (χ0) is 46.2. The van der Waals surface area contributed by atoms with Gasteiger partial charge in [-0.2, -0.15) is 0 Å². The molecule has 2 aromatic carbocycles. The molecule has 62 heavy (non-hydrogen) atoms. The standard InChI is InChI=1S/C47H74N6O9/c1-9-12-25-49-41(55)29-40(54)38(27-30(4)5)51-46(59)42(32(8)11-3)53-44(57)34-18-22-36(23-19-34)62-35-20-16-33(17-21-35)43(56)52-39(28-31(6)7)45(58)50-37(15-13-14-24-48)47(60)61-26-10-2/h16-23,30-32,37-40,42,54H,9-15,24-29,48H2,1-8H3,(H,49,55)(H,50,58)(H,51,59)(H,52,56)(H,53,57)/t32-,37-,38-,39-,40-,42-/m0/s1. The number of nitrogens with two attached hydrogens (primary N) is 1. The summed E-state index contributed by atoms with van der Waals surface area (Å²) in [7, 11) is 0. The van der Waals surface area contributed by atoms with Gasteiger partial charge in [-0.05, 0) is 118 Å². The molecule has 5 amide bonds. The number of ether oxygens (including phenoxy) is 2. The number of carbonyl (C=O) groups excluding carboxylic acids is 6. The molecule has 8 N–H and O–H groups in total. The lowest BCUT2D eigenvalue weighted by atomic mass is 9.94. The van der Waals surface area contributed by atoms with Crippen LogP contribution in [0.2, 0.25) is 0 Å². The van der Waals surface area contributed by atoms with Crippen molar-refractivity contribution >= 4 is 35.5 Å². The number of nitrogens with one attached hydrogen (secondary N) is 5. The first-order valence-corrected chi connectivity index (χ1v) is 22.4. The van der Waals surface area contributed by atoms with E-state index in [0.29, 0.717) is 80.7 Å². The SMILES string of the molecule is CCCCNC(=O)C[C@H](O)[C@H](CC(C)C)NC(=O)[C@@H](NC(=O)c1ccc(Oc2ccc(C(=O)N[C@@H](CC(C)C)C(=O)N[C@@H](CCCCN)C(=O)OCCC)cc2)cc1)[C@@H](C)CC. The Morgan fingerprint density at radius 1 is 0.677 bits per heavy atom. The average molecular weight is 867 g/mol. The van der Waals surface area contributed by atoms with Crippen molar-refractivity contribution in [3.63, 3.8) is 0 Å². The number of aliphatic hydroxyl groups excluding tert-OH is 1. The van der Waals surface area contributed by atoms with E-state index in [4.69, 9.17) is 15.2 Å². The normalized spacial score (nSPS) is 14.1. The fraction of sp³-hybridized carbons (Fsp3) is 0.617. The van der Waals surface area contributed by atoms with Crippen molar-refractivity contribution in [1.29, 1.82) is 0 Å². The molecule has 2 rings (SSSR count). The highest BCUT2D eigenvalue weighted by atomic mass is 16.5. The predicted octanol–water partition coefficient (Wildman–Crippen LogP) is 5.53. The molecule has 2 aromatic rings. The first kappa shape index (κ1) is 53.1. The van der Waals surface area contributed by atoms with E-state index in [1.54, 1.807) is 48.5 Å². The van der Waals surface area contributed by atoms with Crippen LogP contribution in [-0.2, 0) is 23.9 Å². The van der Waals surface area contributed by atoms with E-state index in [9.17, 15) is 33.9 Å². The number of amides is 5. The number of hydrogen-bond donors (Lipinski definition) is 7. The highest BCUT2D eigenvalue weighted by Crippen LogP contribution is 2.23. The van der Waals surface area contributed by atoms with Crippen LogP contribution in [0.4, 0.5) is 0 Å². The third-order valence-electron chi connectivity index (χ3n) is 10.3. The molecule has 0 aromatic heterocycles. The van der Waals surface area contributed by atoms with Gasteiger partial charge in [0.2, 0.25) is 17.7 Å². The molecule has 0 aliphatic carbocycles. The second-order valence-electron chi connectivity index (χ2n) is 16.9. The molecule has 346 valence electrons. The Morgan fingerprint density at radius 3 is 1.77 bits per heavy atom. The first-order valence-electron chi connectivity index (χ1n) is 22.4. The molecule has 15 heteroatoms. The molecule has 0 unspecified atom stereocenters. The fourth-order valence-corrected chi connectivity index (χ4v) is 6.57. The van der Waals surface area contributed by atoms with E-state index in [1.807, 2.05) is 55.4 Å². The molecular weight excluding hydrogens is 793 g/mol. The molecular formula is C47H74N6O9. The zero-order valence-corrected chi connectivity index (χ0v) is 38.2. The van der Waals surface area contributed by atoms with Crippen LogP contribution in [0.25, 0.3) is 0 Å². The second-order valence-corrected chi connectivity index (χ2v) is 16.9. The van der Waals surface area contributed by atoms with Crippen LogP contribution < -0.4 is 37.1 Å². The van der Waals surface area contributed by atoms with Gasteiger partial charge < -0.3 is 46.9 Å². The second kappa shape index (κ2) is 28.6. The molecule has 0 fully saturated rings. The van der Waals surface area contributed by atoms with E-state index in [0.717, 1.165) is 12.8 Å². The monoisotopic (exact) mass is 867 g/mol. The third-order valence-corrected chi connectivity index (χ3v) is 10.3. The maximum Gasteiger partial charge on any atom is 0.328 e. The van der Waals surface area contributed by atoms with Gasteiger partial charge in [-0.1, -0.05) is 68.2 Å². The van der Waals surface area contributed by atoms with Gasteiger partial charge in [-0.3, -0.25) is 24.0 Å². The van der Waals surface area contributed by atoms with Gasteiger partial charge in [0, 0.05) is 17.7 Å². The molecule has 15 nitrogen and oxygen atoms in total. The van der Waals surface area contributed by atoms with Crippen molar-refractivity contribution in [1.82, 2.24) is 26.6 Å². The van der Waals surface area contributed by atoms with Crippen LogP contribution in [0.1, 0.15) is 140 Å². The Morgan fingerprint density at radius 2 is 1.26 bits per heavy atom. The molecule has 0 saturated heterocycles. The summed E-state index contributed by atoms with van der Waals surface area (Å²) >= 11 is 0. The van der Waals surface area contributed by atoms with Crippen molar-refractivity contribution in [2.24, 2.45) is 23.5 Å². The number of esters is 1. The lowest BCUT2D eigenvalue weighted by Crippen LogP contribution is -2.55. The minimum absolute atomic E-state index is 0.0665. The summed E-state index contributed by atoms with van der Waals surface area (Å²) < 4.78 is 11.3. The van der Waals surface area contributed by atoms with E-state index in [1.165, 1.54) is 0 Å². The van der Waals surface area contributed by atoms with E-state index in [2.05, 4.69) is 26.6 Å². The summed E-state index contributed by atoms with van der Waals surface area (Å²) in [5.41, 5.74) is 6.22. The predicted molar refractivity (Wildman–Crippen MR) is 240 cm³/mol. The van der Waals surface area contributed by atoms with Crippen molar-refractivity contribution in [3.8, 4) is 11.5 Å². The quantitative estimate of drug-likeness (QED) is 0.0400. The van der Waals surface area contributed by atoms with Gasteiger partial charge in [-0.15, -0.1) is 0 Å². The zero-order valence-electron chi connectivity index (χ0n) is 38.2. The van der Waals surface area contributed by atoms with Gasteiger partial charge in [0.15, 0.2) is 0 Å². The summed E-state index contributed by atoms with van der Waals surface area (Å²) in [5.74, 6) is -1.84. The summed E-state index contributed by atoms with van der Waals surface area (Å²) in [6.45, 7) is 16.7. The number of carbonyl (C=O) groups is 6. The molecule has 0 radical (unpaired) electrons. The highest BCUT2D eigenvalue weighted by molar-refractivity contribution is 5.99. The molecule has 6 atom stereocenters. The lowest BCUT2D eigenvalue weighted by Gasteiger charge is -2.30.